The summed E-state index contributed by atoms with van der Waals surface area (Å²) in [5, 5.41) is 0. The van der Waals surface area contributed by atoms with Crippen LogP contribution in [0.15, 0.2) is 0 Å². The highest BCUT2D eigenvalue weighted by Crippen LogP contribution is 2.26. The first-order valence-electron chi connectivity index (χ1n) is 5.72. The fourth-order valence-corrected chi connectivity index (χ4v) is 1.95. The highest BCUT2D eigenvalue weighted by molar-refractivity contribution is 4.91. The van der Waals surface area contributed by atoms with Gasteiger partial charge >= 0.3 is 6.18 Å². The Balaban J connectivity index is 4.39. The maximum absolute atomic E-state index is 12.1. The smallest absolute Gasteiger partial charge is 0.326 e. The van der Waals surface area contributed by atoms with E-state index in [1.54, 1.807) is 0 Å². The summed E-state index contributed by atoms with van der Waals surface area (Å²) >= 11 is 0. The van der Waals surface area contributed by atoms with Gasteiger partial charge in [0, 0.05) is 18.0 Å². The van der Waals surface area contributed by atoms with Gasteiger partial charge in [0.2, 0.25) is 0 Å². The third-order valence-electron chi connectivity index (χ3n) is 3.22. The molecule has 0 bridgehead atoms. The average Bonchev–Trinajstić information content (AvgIpc) is 2.14. The maximum Gasteiger partial charge on any atom is 0.389 e. The lowest BCUT2D eigenvalue weighted by atomic mass is 9.89. The maximum atomic E-state index is 12.1. The van der Waals surface area contributed by atoms with Crippen molar-refractivity contribution in [2.24, 2.45) is 5.73 Å². The van der Waals surface area contributed by atoms with Crippen LogP contribution >= 0.6 is 0 Å². The minimum atomic E-state index is -4.11. The van der Waals surface area contributed by atoms with Crippen molar-refractivity contribution in [3.8, 4) is 0 Å². The molecule has 0 fully saturated rings. The van der Waals surface area contributed by atoms with Crippen LogP contribution < -0.4 is 5.73 Å². The lowest BCUT2D eigenvalue weighted by Crippen LogP contribution is -2.56. The van der Waals surface area contributed by atoms with Crippen LogP contribution in [0.4, 0.5) is 13.2 Å². The first-order chi connectivity index (χ1) is 7.15. The van der Waals surface area contributed by atoms with Gasteiger partial charge in [-0.15, -0.1) is 0 Å². The Morgan fingerprint density at radius 1 is 1.12 bits per heavy atom. The average molecular weight is 240 g/mol. The van der Waals surface area contributed by atoms with Crippen LogP contribution in [0.3, 0.4) is 0 Å². The fraction of sp³-hybridized carbons (Fsp3) is 1.00. The van der Waals surface area contributed by atoms with E-state index in [4.69, 9.17) is 5.73 Å². The van der Waals surface area contributed by atoms with Crippen molar-refractivity contribution in [1.82, 2.24) is 4.90 Å². The van der Waals surface area contributed by atoms with Crippen molar-refractivity contribution in [2.45, 2.75) is 58.3 Å². The number of nitrogens with two attached hydrogens (primary N) is 1. The summed E-state index contributed by atoms with van der Waals surface area (Å²) in [5.74, 6) is 0. The van der Waals surface area contributed by atoms with Crippen molar-refractivity contribution >= 4 is 0 Å². The molecule has 0 aromatic carbocycles. The lowest BCUT2D eigenvalue weighted by Gasteiger charge is -2.42. The molecule has 98 valence electrons. The van der Waals surface area contributed by atoms with Gasteiger partial charge in [0.15, 0.2) is 0 Å². The normalized spacial score (nSPS) is 15.6. The second-order valence-electron chi connectivity index (χ2n) is 4.59. The molecule has 16 heavy (non-hydrogen) atoms. The minimum Gasteiger partial charge on any atom is -0.326 e. The Morgan fingerprint density at radius 3 is 1.88 bits per heavy atom. The summed E-state index contributed by atoms with van der Waals surface area (Å²) in [6.07, 6.45) is -4.94. The van der Waals surface area contributed by atoms with Crippen molar-refractivity contribution in [1.29, 1.82) is 0 Å². The monoisotopic (exact) mass is 240 g/mol. The minimum absolute atomic E-state index is 0.0208. The summed E-state index contributed by atoms with van der Waals surface area (Å²) in [7, 11) is 0. The number of halogens is 3. The SMILES string of the molecule is CCN(CC)C(C)(C)C(N)CCC(F)(F)F. The molecule has 0 aromatic heterocycles. The first kappa shape index (κ1) is 15.7. The van der Waals surface area contributed by atoms with Gasteiger partial charge in [-0.05, 0) is 33.4 Å². The standard InChI is InChI=1S/C11H23F3N2/c1-5-16(6-2)10(3,4)9(15)7-8-11(12,13)14/h9H,5-8,15H2,1-4H3. The number of rotatable bonds is 6. The molecule has 0 heterocycles. The zero-order valence-electron chi connectivity index (χ0n) is 10.6. The van der Waals surface area contributed by atoms with Gasteiger partial charge in [-0.3, -0.25) is 4.90 Å². The highest BCUT2D eigenvalue weighted by Gasteiger charge is 2.35. The third-order valence-corrected chi connectivity index (χ3v) is 3.22. The van der Waals surface area contributed by atoms with E-state index >= 15 is 0 Å². The molecule has 0 saturated heterocycles. The molecule has 0 aliphatic heterocycles. The summed E-state index contributed by atoms with van der Waals surface area (Å²) < 4.78 is 36.3. The first-order valence-corrected chi connectivity index (χ1v) is 5.72. The van der Waals surface area contributed by atoms with Gasteiger partial charge in [0.05, 0.1) is 0 Å². The molecule has 0 rings (SSSR count). The van der Waals surface area contributed by atoms with E-state index < -0.39 is 24.2 Å². The molecule has 0 aliphatic carbocycles. The predicted octanol–water partition coefficient (Wildman–Crippen LogP) is 2.78. The number of alkyl halides is 3. The Bertz CT molecular complexity index is 198. The summed E-state index contributed by atoms with van der Waals surface area (Å²) in [5.41, 5.74) is 5.47. The van der Waals surface area contributed by atoms with Crippen LogP contribution in [0, 0.1) is 0 Å². The van der Waals surface area contributed by atoms with Crippen LogP contribution in [0.2, 0.25) is 0 Å². The van der Waals surface area contributed by atoms with E-state index in [0.29, 0.717) is 0 Å². The molecule has 1 atom stereocenters. The summed E-state index contributed by atoms with van der Waals surface area (Å²) in [4.78, 5) is 2.09. The molecular formula is C11H23F3N2. The second-order valence-corrected chi connectivity index (χ2v) is 4.59. The lowest BCUT2D eigenvalue weighted by molar-refractivity contribution is -0.137. The van der Waals surface area contributed by atoms with Gasteiger partial charge in [-0.2, -0.15) is 13.2 Å². The highest BCUT2D eigenvalue weighted by atomic mass is 19.4. The molecule has 2 nitrogen and oxygen atoms in total. The molecule has 0 radical (unpaired) electrons. The Kier molecular flexibility index (Phi) is 5.76. The number of hydrogen-bond acceptors (Lipinski definition) is 2. The number of hydrogen-bond donors (Lipinski definition) is 1. The van der Waals surface area contributed by atoms with Gasteiger partial charge in [0.25, 0.3) is 0 Å². The van der Waals surface area contributed by atoms with Crippen LogP contribution in [0.5, 0.6) is 0 Å². The molecular weight excluding hydrogens is 217 g/mol. The van der Waals surface area contributed by atoms with E-state index in [9.17, 15) is 13.2 Å². The van der Waals surface area contributed by atoms with Crippen LogP contribution in [0.25, 0.3) is 0 Å². The van der Waals surface area contributed by atoms with Crippen LogP contribution in [0.1, 0.15) is 40.5 Å². The zero-order valence-corrected chi connectivity index (χ0v) is 10.6. The van der Waals surface area contributed by atoms with Crippen molar-refractivity contribution in [3.05, 3.63) is 0 Å². The molecule has 5 heteroatoms. The largest absolute Gasteiger partial charge is 0.389 e. The molecule has 1 unspecified atom stereocenters. The number of likely N-dealkylation sites (N-methyl/N-ethyl adjacent to an activating group) is 1. The quantitative estimate of drug-likeness (QED) is 0.773. The van der Waals surface area contributed by atoms with Gasteiger partial charge in [-0.25, -0.2) is 0 Å². The van der Waals surface area contributed by atoms with Crippen molar-refractivity contribution < 1.29 is 13.2 Å². The van der Waals surface area contributed by atoms with E-state index in [1.165, 1.54) is 0 Å². The molecule has 0 saturated carbocycles. The Hall–Kier alpha value is -0.290. The second kappa shape index (κ2) is 5.87. The Labute approximate surface area is 96.0 Å². The topological polar surface area (TPSA) is 29.3 Å². The number of nitrogens with zero attached hydrogens (tertiary/aromatic N) is 1. The third kappa shape index (κ3) is 4.70. The Morgan fingerprint density at radius 2 is 1.56 bits per heavy atom. The molecule has 0 aliphatic rings. The van der Waals surface area contributed by atoms with E-state index in [-0.39, 0.29) is 6.42 Å². The molecule has 0 aromatic rings. The van der Waals surface area contributed by atoms with Gasteiger partial charge in [-0.1, -0.05) is 13.8 Å². The van der Waals surface area contributed by atoms with Crippen molar-refractivity contribution in [3.63, 3.8) is 0 Å². The van der Waals surface area contributed by atoms with Crippen molar-refractivity contribution in [2.75, 3.05) is 13.1 Å². The summed E-state index contributed by atoms with van der Waals surface area (Å²) in [6.45, 7) is 9.37. The van der Waals surface area contributed by atoms with Crippen LogP contribution in [-0.4, -0.2) is 35.7 Å². The fourth-order valence-electron chi connectivity index (χ4n) is 1.95. The predicted molar refractivity (Wildman–Crippen MR) is 60.3 cm³/mol. The van der Waals surface area contributed by atoms with E-state index in [0.717, 1.165) is 13.1 Å². The molecule has 2 N–H and O–H groups in total. The van der Waals surface area contributed by atoms with Gasteiger partial charge < -0.3 is 5.73 Å². The summed E-state index contributed by atoms with van der Waals surface area (Å²) in [6, 6.07) is -0.464. The van der Waals surface area contributed by atoms with E-state index in [2.05, 4.69) is 4.90 Å². The van der Waals surface area contributed by atoms with E-state index in [1.807, 2.05) is 27.7 Å². The molecule has 0 spiro atoms. The zero-order chi connectivity index (χ0) is 13.0. The molecule has 0 amide bonds. The van der Waals surface area contributed by atoms with Crippen LogP contribution in [-0.2, 0) is 0 Å². The van der Waals surface area contributed by atoms with Gasteiger partial charge in [0.1, 0.15) is 0 Å².